The lowest BCUT2D eigenvalue weighted by Crippen LogP contribution is -2.41. The lowest BCUT2D eigenvalue weighted by atomic mass is 10.2. The molecule has 0 spiro atoms. The summed E-state index contributed by atoms with van der Waals surface area (Å²) in [4.78, 5) is 39.2. The van der Waals surface area contributed by atoms with Gasteiger partial charge in [-0.15, -0.1) is 0 Å². The van der Waals surface area contributed by atoms with Gasteiger partial charge in [0.2, 0.25) is 11.8 Å². The molecule has 1 aromatic rings. The Bertz CT molecular complexity index is 643. The van der Waals surface area contributed by atoms with Gasteiger partial charge >= 0.3 is 5.97 Å². The first kappa shape index (κ1) is 17.0. The zero-order valence-corrected chi connectivity index (χ0v) is 13.6. The molecule has 122 valence electrons. The Morgan fingerprint density at radius 3 is 2.70 bits per heavy atom. The molecule has 0 unspecified atom stereocenters. The monoisotopic (exact) mass is 335 g/mol. The molecule has 2 amide bonds. The maximum absolute atomic E-state index is 12.2. The molecule has 1 aromatic carbocycles. The summed E-state index contributed by atoms with van der Waals surface area (Å²) >= 11 is 1.21. The van der Waals surface area contributed by atoms with Gasteiger partial charge in [0.25, 0.3) is 0 Å². The van der Waals surface area contributed by atoms with Crippen LogP contribution in [-0.4, -0.2) is 41.9 Å². The van der Waals surface area contributed by atoms with Crippen molar-refractivity contribution in [1.29, 1.82) is 0 Å². The Morgan fingerprint density at radius 1 is 1.39 bits per heavy atom. The molecule has 2 N–H and O–H groups in total. The first-order chi connectivity index (χ1) is 11.0. The topological polar surface area (TPSA) is 96.9 Å². The van der Waals surface area contributed by atoms with Gasteiger partial charge in [-0.3, -0.25) is 14.6 Å². The van der Waals surface area contributed by atoms with E-state index < -0.39 is 11.2 Å². The minimum Gasteiger partial charge on any atom is -0.462 e. The SMILES string of the molecule is CCOC(=O)c1ccc(NC(=O)[C@H]2CC(=O)NC(=NC)S2)cc1. The molecule has 23 heavy (non-hydrogen) atoms. The normalized spacial score (nSPS) is 19.1. The summed E-state index contributed by atoms with van der Waals surface area (Å²) in [6, 6.07) is 6.39. The molecule has 0 bridgehead atoms. The van der Waals surface area contributed by atoms with Crippen molar-refractivity contribution in [1.82, 2.24) is 5.32 Å². The summed E-state index contributed by atoms with van der Waals surface area (Å²) in [5.41, 5.74) is 0.960. The molecule has 8 heteroatoms. The second-order valence-corrected chi connectivity index (χ2v) is 5.87. The average molecular weight is 335 g/mol. The van der Waals surface area contributed by atoms with Crippen LogP contribution in [0.4, 0.5) is 5.69 Å². The molecule has 0 aromatic heterocycles. The number of nitrogens with zero attached hydrogens (tertiary/aromatic N) is 1. The number of rotatable bonds is 4. The third kappa shape index (κ3) is 4.56. The van der Waals surface area contributed by atoms with Crippen LogP contribution in [0.15, 0.2) is 29.3 Å². The van der Waals surface area contributed by atoms with Gasteiger partial charge in [0, 0.05) is 19.2 Å². The Hall–Kier alpha value is -2.35. The smallest absolute Gasteiger partial charge is 0.338 e. The summed E-state index contributed by atoms with van der Waals surface area (Å²) in [7, 11) is 1.55. The van der Waals surface area contributed by atoms with Crippen LogP contribution in [0.3, 0.4) is 0 Å². The minimum absolute atomic E-state index is 0.0937. The van der Waals surface area contributed by atoms with Crippen LogP contribution in [0.2, 0.25) is 0 Å². The summed E-state index contributed by atoms with van der Waals surface area (Å²) in [5, 5.41) is 5.21. The lowest BCUT2D eigenvalue weighted by Gasteiger charge is -2.21. The number of amidine groups is 1. The van der Waals surface area contributed by atoms with Crippen LogP contribution in [0.5, 0.6) is 0 Å². The third-order valence-corrected chi connectivity index (χ3v) is 4.20. The van der Waals surface area contributed by atoms with E-state index in [0.29, 0.717) is 23.0 Å². The van der Waals surface area contributed by atoms with Crippen LogP contribution >= 0.6 is 11.8 Å². The molecule has 1 aliphatic rings. The number of hydrogen-bond acceptors (Lipinski definition) is 6. The van der Waals surface area contributed by atoms with Crippen molar-refractivity contribution < 1.29 is 19.1 Å². The van der Waals surface area contributed by atoms with Crippen molar-refractivity contribution in [3.63, 3.8) is 0 Å². The fourth-order valence-corrected chi connectivity index (χ4v) is 2.87. The molecule has 1 heterocycles. The van der Waals surface area contributed by atoms with Crippen LogP contribution in [0.1, 0.15) is 23.7 Å². The van der Waals surface area contributed by atoms with E-state index in [0.717, 1.165) is 0 Å². The third-order valence-electron chi connectivity index (χ3n) is 3.03. The number of ether oxygens (including phenoxy) is 1. The van der Waals surface area contributed by atoms with E-state index in [1.54, 1.807) is 38.2 Å². The summed E-state index contributed by atoms with van der Waals surface area (Å²) < 4.78 is 4.89. The van der Waals surface area contributed by atoms with Gasteiger partial charge in [-0.2, -0.15) is 0 Å². The van der Waals surface area contributed by atoms with Crippen molar-refractivity contribution in [3.05, 3.63) is 29.8 Å². The van der Waals surface area contributed by atoms with E-state index in [1.165, 1.54) is 11.8 Å². The number of aliphatic imine (C=N–C) groups is 1. The predicted octanol–water partition coefficient (Wildman–Crippen LogP) is 1.41. The maximum Gasteiger partial charge on any atom is 0.338 e. The summed E-state index contributed by atoms with van der Waals surface area (Å²) in [5.74, 6) is -0.925. The molecular weight excluding hydrogens is 318 g/mol. The van der Waals surface area contributed by atoms with Gasteiger partial charge in [0.1, 0.15) is 5.25 Å². The van der Waals surface area contributed by atoms with Crippen molar-refractivity contribution in [2.45, 2.75) is 18.6 Å². The van der Waals surface area contributed by atoms with Gasteiger partial charge in [0.15, 0.2) is 5.17 Å². The standard InChI is InChI=1S/C15H17N3O4S/c1-3-22-14(21)9-4-6-10(7-5-9)17-13(20)11-8-12(19)18-15(16-2)23-11/h4-7,11H,3,8H2,1-2H3,(H,17,20)(H,16,18,19)/t11-/m1/s1. The molecule has 2 rings (SSSR count). The van der Waals surface area contributed by atoms with E-state index >= 15 is 0 Å². The molecule has 1 atom stereocenters. The number of carbonyl (C=O) groups excluding carboxylic acids is 3. The average Bonchev–Trinajstić information content (AvgIpc) is 2.55. The van der Waals surface area contributed by atoms with Crippen LogP contribution < -0.4 is 10.6 Å². The zero-order valence-electron chi connectivity index (χ0n) is 12.8. The second kappa shape index (κ2) is 7.77. The van der Waals surface area contributed by atoms with E-state index in [-0.39, 0.29) is 18.2 Å². The van der Waals surface area contributed by atoms with Crippen molar-refractivity contribution in [3.8, 4) is 0 Å². The zero-order chi connectivity index (χ0) is 16.8. The van der Waals surface area contributed by atoms with Gasteiger partial charge in [-0.1, -0.05) is 11.8 Å². The molecule has 0 saturated carbocycles. The molecule has 1 aliphatic heterocycles. The second-order valence-electron chi connectivity index (χ2n) is 4.67. The fraction of sp³-hybridized carbons (Fsp3) is 0.333. The number of amides is 2. The number of thioether (sulfide) groups is 1. The number of anilines is 1. The van der Waals surface area contributed by atoms with Crippen molar-refractivity contribution in [2.24, 2.45) is 4.99 Å². The largest absolute Gasteiger partial charge is 0.462 e. The molecule has 0 radical (unpaired) electrons. The molecule has 1 saturated heterocycles. The summed E-state index contributed by atoms with van der Waals surface area (Å²) in [6.45, 7) is 2.04. The molecule has 7 nitrogen and oxygen atoms in total. The first-order valence-corrected chi connectivity index (χ1v) is 7.92. The predicted molar refractivity (Wildman–Crippen MR) is 88.5 cm³/mol. The van der Waals surface area contributed by atoms with Gasteiger partial charge in [-0.05, 0) is 31.2 Å². The fourth-order valence-electron chi connectivity index (χ4n) is 1.93. The highest BCUT2D eigenvalue weighted by atomic mass is 32.2. The Morgan fingerprint density at radius 2 is 2.09 bits per heavy atom. The van der Waals surface area contributed by atoms with Crippen LogP contribution in [0, 0.1) is 0 Å². The number of benzene rings is 1. The summed E-state index contributed by atoms with van der Waals surface area (Å²) in [6.07, 6.45) is 0.0937. The number of hydrogen-bond donors (Lipinski definition) is 2. The maximum atomic E-state index is 12.2. The van der Waals surface area contributed by atoms with Crippen molar-refractivity contribution >= 4 is 40.4 Å². The van der Waals surface area contributed by atoms with Crippen molar-refractivity contribution in [2.75, 3.05) is 19.0 Å². The van der Waals surface area contributed by atoms with E-state index in [4.69, 9.17) is 4.74 Å². The van der Waals surface area contributed by atoms with Crippen LogP contribution in [-0.2, 0) is 14.3 Å². The van der Waals surface area contributed by atoms with Gasteiger partial charge in [-0.25, -0.2) is 4.79 Å². The molecular formula is C15H17N3O4S. The lowest BCUT2D eigenvalue weighted by molar-refractivity contribution is -0.123. The molecule has 1 fully saturated rings. The van der Waals surface area contributed by atoms with E-state index in [9.17, 15) is 14.4 Å². The number of nitrogens with one attached hydrogen (secondary N) is 2. The highest BCUT2D eigenvalue weighted by molar-refractivity contribution is 8.15. The number of esters is 1. The minimum atomic E-state index is -0.535. The Balaban J connectivity index is 2.00. The van der Waals surface area contributed by atoms with Crippen LogP contribution in [0.25, 0.3) is 0 Å². The Kier molecular flexibility index (Phi) is 5.75. The quantitative estimate of drug-likeness (QED) is 0.811. The van der Waals surface area contributed by atoms with E-state index in [1.807, 2.05) is 0 Å². The number of carbonyl (C=O) groups is 3. The highest BCUT2D eigenvalue weighted by Crippen LogP contribution is 2.22. The molecule has 0 aliphatic carbocycles. The first-order valence-electron chi connectivity index (χ1n) is 7.04. The van der Waals surface area contributed by atoms with Gasteiger partial charge in [0.05, 0.1) is 12.2 Å². The Labute approximate surface area is 137 Å². The van der Waals surface area contributed by atoms with E-state index in [2.05, 4.69) is 15.6 Å². The highest BCUT2D eigenvalue weighted by Gasteiger charge is 2.29. The van der Waals surface area contributed by atoms with Gasteiger partial charge < -0.3 is 15.4 Å².